The Bertz CT molecular complexity index is 302. The Morgan fingerprint density at radius 1 is 1.31 bits per heavy atom. The molecule has 0 radical (unpaired) electrons. The third-order valence-electron chi connectivity index (χ3n) is 2.69. The van der Waals surface area contributed by atoms with E-state index in [1.165, 1.54) is 31.2 Å². The first-order valence-electron chi connectivity index (χ1n) is 6.07. The van der Waals surface area contributed by atoms with Crippen LogP contribution in [0.25, 0.3) is 0 Å². The van der Waals surface area contributed by atoms with E-state index in [1.54, 1.807) is 6.20 Å². The second-order valence-electron chi connectivity index (χ2n) is 4.32. The SMILES string of the molecule is CCCCCCC(N)Cc1cncc(Br)c1. The van der Waals surface area contributed by atoms with Crippen LogP contribution in [0.15, 0.2) is 22.9 Å². The monoisotopic (exact) mass is 284 g/mol. The molecule has 0 amide bonds. The van der Waals surface area contributed by atoms with Crippen molar-refractivity contribution in [1.29, 1.82) is 0 Å². The zero-order valence-corrected chi connectivity index (χ0v) is 11.5. The molecule has 0 saturated carbocycles. The minimum absolute atomic E-state index is 0.271. The smallest absolute Gasteiger partial charge is 0.0410 e. The average molecular weight is 285 g/mol. The Morgan fingerprint density at radius 2 is 2.12 bits per heavy atom. The minimum Gasteiger partial charge on any atom is -0.327 e. The number of nitrogens with two attached hydrogens (primary N) is 1. The molecule has 0 aliphatic rings. The van der Waals surface area contributed by atoms with Crippen LogP contribution >= 0.6 is 15.9 Å². The van der Waals surface area contributed by atoms with Crippen LogP contribution < -0.4 is 5.73 Å². The first-order valence-corrected chi connectivity index (χ1v) is 6.86. The van der Waals surface area contributed by atoms with E-state index in [-0.39, 0.29) is 6.04 Å². The number of unbranched alkanes of at least 4 members (excludes halogenated alkanes) is 3. The Labute approximate surface area is 107 Å². The van der Waals surface area contributed by atoms with Gasteiger partial charge in [-0.3, -0.25) is 4.98 Å². The number of hydrogen-bond donors (Lipinski definition) is 1. The predicted octanol–water partition coefficient (Wildman–Crippen LogP) is 3.68. The summed E-state index contributed by atoms with van der Waals surface area (Å²) in [5, 5.41) is 0. The van der Waals surface area contributed by atoms with Gasteiger partial charge in [0.05, 0.1) is 0 Å². The van der Waals surface area contributed by atoms with Gasteiger partial charge >= 0.3 is 0 Å². The average Bonchev–Trinajstić information content (AvgIpc) is 2.24. The van der Waals surface area contributed by atoms with Gasteiger partial charge in [-0.25, -0.2) is 0 Å². The highest BCUT2D eigenvalue weighted by molar-refractivity contribution is 9.10. The van der Waals surface area contributed by atoms with Gasteiger partial charge in [0.1, 0.15) is 0 Å². The van der Waals surface area contributed by atoms with E-state index in [2.05, 4.69) is 33.9 Å². The molecule has 0 saturated heterocycles. The first-order chi connectivity index (χ1) is 7.72. The van der Waals surface area contributed by atoms with Crippen molar-refractivity contribution in [3.8, 4) is 0 Å². The van der Waals surface area contributed by atoms with Crippen molar-refractivity contribution in [1.82, 2.24) is 4.98 Å². The van der Waals surface area contributed by atoms with Crippen molar-refractivity contribution in [2.24, 2.45) is 5.73 Å². The summed E-state index contributed by atoms with van der Waals surface area (Å²) in [6.45, 7) is 2.23. The number of rotatable bonds is 7. The lowest BCUT2D eigenvalue weighted by atomic mass is 10.0. The molecule has 2 N–H and O–H groups in total. The molecule has 1 aromatic heterocycles. The van der Waals surface area contributed by atoms with Crippen LogP contribution in [0.5, 0.6) is 0 Å². The van der Waals surface area contributed by atoms with Gasteiger partial charge in [0.2, 0.25) is 0 Å². The van der Waals surface area contributed by atoms with E-state index in [0.717, 1.165) is 17.3 Å². The van der Waals surface area contributed by atoms with Crippen LogP contribution in [0, 0.1) is 0 Å². The normalized spacial score (nSPS) is 12.7. The fourth-order valence-electron chi connectivity index (χ4n) is 1.81. The van der Waals surface area contributed by atoms with Gasteiger partial charge in [0.15, 0.2) is 0 Å². The summed E-state index contributed by atoms with van der Waals surface area (Å²) in [7, 11) is 0. The van der Waals surface area contributed by atoms with Crippen LogP contribution in [0.4, 0.5) is 0 Å². The quantitative estimate of drug-likeness (QED) is 0.776. The molecule has 0 fully saturated rings. The molecule has 0 spiro atoms. The lowest BCUT2D eigenvalue weighted by molar-refractivity contribution is 0.545. The largest absolute Gasteiger partial charge is 0.327 e. The summed E-state index contributed by atoms with van der Waals surface area (Å²) < 4.78 is 1.03. The highest BCUT2D eigenvalue weighted by Crippen LogP contribution is 2.13. The van der Waals surface area contributed by atoms with Gasteiger partial charge in [-0.2, -0.15) is 0 Å². The maximum absolute atomic E-state index is 6.09. The first kappa shape index (κ1) is 13.7. The van der Waals surface area contributed by atoms with Gasteiger partial charge in [0, 0.05) is 22.9 Å². The molecule has 2 nitrogen and oxygen atoms in total. The molecule has 3 heteroatoms. The fourth-order valence-corrected chi connectivity index (χ4v) is 2.22. The molecule has 0 aliphatic carbocycles. The van der Waals surface area contributed by atoms with Crippen LogP contribution in [-0.4, -0.2) is 11.0 Å². The molecular formula is C13H21BrN2. The van der Waals surface area contributed by atoms with Crippen molar-refractivity contribution in [2.45, 2.75) is 51.5 Å². The molecule has 1 unspecified atom stereocenters. The minimum atomic E-state index is 0.271. The van der Waals surface area contributed by atoms with Gasteiger partial charge in [-0.15, -0.1) is 0 Å². The van der Waals surface area contributed by atoms with Gasteiger partial charge in [-0.1, -0.05) is 32.6 Å². The molecule has 0 aliphatic heterocycles. The van der Waals surface area contributed by atoms with Crippen molar-refractivity contribution >= 4 is 15.9 Å². The summed E-state index contributed by atoms with van der Waals surface area (Å²) in [5.74, 6) is 0. The van der Waals surface area contributed by atoms with Gasteiger partial charge < -0.3 is 5.73 Å². The number of halogens is 1. The zero-order valence-electron chi connectivity index (χ0n) is 9.95. The van der Waals surface area contributed by atoms with Crippen molar-refractivity contribution in [3.63, 3.8) is 0 Å². The lowest BCUT2D eigenvalue weighted by Crippen LogP contribution is -2.22. The third-order valence-corrected chi connectivity index (χ3v) is 3.12. The Balaban J connectivity index is 2.25. The third kappa shape index (κ3) is 5.61. The lowest BCUT2D eigenvalue weighted by Gasteiger charge is -2.11. The molecule has 1 rings (SSSR count). The highest BCUT2D eigenvalue weighted by atomic mass is 79.9. The number of hydrogen-bond acceptors (Lipinski definition) is 2. The topological polar surface area (TPSA) is 38.9 Å². The van der Waals surface area contributed by atoms with E-state index in [0.29, 0.717) is 0 Å². The maximum Gasteiger partial charge on any atom is 0.0410 e. The maximum atomic E-state index is 6.09. The van der Waals surface area contributed by atoms with E-state index >= 15 is 0 Å². The molecule has 1 aromatic rings. The summed E-state index contributed by atoms with van der Waals surface area (Å²) in [4.78, 5) is 4.14. The van der Waals surface area contributed by atoms with E-state index in [4.69, 9.17) is 5.73 Å². The molecular weight excluding hydrogens is 264 g/mol. The number of aromatic nitrogens is 1. The van der Waals surface area contributed by atoms with Gasteiger partial charge in [0.25, 0.3) is 0 Å². The molecule has 1 atom stereocenters. The number of pyridine rings is 1. The summed E-state index contributed by atoms with van der Waals surface area (Å²) in [6.07, 6.45) is 10.9. The standard InChI is InChI=1S/C13H21BrN2/c1-2-3-4-5-6-13(15)8-11-7-12(14)10-16-9-11/h7,9-10,13H,2-6,8,15H2,1H3. The summed E-state index contributed by atoms with van der Waals surface area (Å²) in [5.41, 5.74) is 7.31. The van der Waals surface area contributed by atoms with Crippen molar-refractivity contribution in [3.05, 3.63) is 28.5 Å². The van der Waals surface area contributed by atoms with Crippen molar-refractivity contribution < 1.29 is 0 Å². The van der Waals surface area contributed by atoms with E-state index in [1.807, 2.05) is 6.20 Å². The van der Waals surface area contributed by atoms with E-state index < -0.39 is 0 Å². The second kappa shape index (κ2) is 7.80. The van der Waals surface area contributed by atoms with Crippen LogP contribution in [0.2, 0.25) is 0 Å². The van der Waals surface area contributed by atoms with E-state index in [9.17, 15) is 0 Å². The Hall–Kier alpha value is -0.410. The summed E-state index contributed by atoms with van der Waals surface area (Å²) >= 11 is 3.42. The Morgan fingerprint density at radius 3 is 2.81 bits per heavy atom. The predicted molar refractivity (Wildman–Crippen MR) is 72.4 cm³/mol. The Kier molecular flexibility index (Phi) is 6.65. The van der Waals surface area contributed by atoms with Crippen molar-refractivity contribution in [2.75, 3.05) is 0 Å². The highest BCUT2D eigenvalue weighted by Gasteiger charge is 2.04. The second-order valence-corrected chi connectivity index (χ2v) is 5.24. The molecule has 1 heterocycles. The molecule has 0 bridgehead atoms. The molecule has 90 valence electrons. The summed E-state index contributed by atoms with van der Waals surface area (Å²) in [6, 6.07) is 2.37. The zero-order chi connectivity index (χ0) is 11.8. The van der Waals surface area contributed by atoms with Crippen LogP contribution in [0.3, 0.4) is 0 Å². The molecule has 16 heavy (non-hydrogen) atoms. The molecule has 0 aromatic carbocycles. The van der Waals surface area contributed by atoms with Crippen LogP contribution in [-0.2, 0) is 6.42 Å². The van der Waals surface area contributed by atoms with Crippen LogP contribution in [0.1, 0.15) is 44.6 Å². The number of nitrogens with zero attached hydrogens (tertiary/aromatic N) is 1. The van der Waals surface area contributed by atoms with Gasteiger partial charge in [-0.05, 0) is 40.4 Å². The fraction of sp³-hybridized carbons (Fsp3) is 0.615.